The molecular weight excluding hydrogens is 263 g/mol. The topological polar surface area (TPSA) is 66.8 Å². The lowest BCUT2D eigenvalue weighted by atomic mass is 9.87. The van der Waals surface area contributed by atoms with Crippen molar-refractivity contribution in [1.82, 2.24) is 0 Å². The fourth-order valence-corrected chi connectivity index (χ4v) is 1.84. The highest BCUT2D eigenvalue weighted by Gasteiger charge is 2.19. The minimum absolute atomic E-state index is 0.204. The number of hydrogen-bond acceptors (Lipinski definition) is 3. The van der Waals surface area contributed by atoms with Crippen LogP contribution in [0.25, 0.3) is 0 Å². The molecule has 1 aromatic carbocycles. The highest BCUT2D eigenvalue weighted by atomic mass is 79.9. The van der Waals surface area contributed by atoms with Crippen molar-refractivity contribution in [2.45, 2.75) is 5.33 Å². The molecule has 0 aliphatic carbocycles. The second kappa shape index (κ2) is 4.57. The van der Waals surface area contributed by atoms with Crippen molar-refractivity contribution in [3.8, 4) is 11.5 Å². The molecule has 0 heterocycles. The van der Waals surface area contributed by atoms with Crippen molar-refractivity contribution in [3.05, 3.63) is 17.2 Å². The molecule has 78 valence electrons. The quantitative estimate of drug-likeness (QED) is 0.630. The molecular formula is C9H8BBrO4. The molecule has 0 saturated carbocycles. The molecule has 1 rings (SSSR count). The maximum atomic E-state index is 10.9. The van der Waals surface area contributed by atoms with Gasteiger partial charge in [0.2, 0.25) is 0 Å². The summed E-state index contributed by atoms with van der Waals surface area (Å²) in [5.74, 6) is -1.33. The molecule has 0 unspecified atom stereocenters. The third kappa shape index (κ3) is 2.09. The summed E-state index contributed by atoms with van der Waals surface area (Å²) in [5, 5.41) is 18.6. The second-order valence-electron chi connectivity index (χ2n) is 2.80. The summed E-state index contributed by atoms with van der Waals surface area (Å²) in [6, 6.07) is 1.19. The number of carbonyl (C=O) groups is 1. The molecule has 0 spiro atoms. The van der Waals surface area contributed by atoms with Gasteiger partial charge in [-0.3, -0.25) is 0 Å². The Kier molecular flexibility index (Phi) is 3.63. The number of aromatic hydroxyl groups is 1. The van der Waals surface area contributed by atoms with E-state index in [1.54, 1.807) is 0 Å². The van der Waals surface area contributed by atoms with Gasteiger partial charge in [-0.2, -0.15) is 0 Å². The first-order valence-corrected chi connectivity index (χ1v) is 5.12. The zero-order valence-corrected chi connectivity index (χ0v) is 9.54. The van der Waals surface area contributed by atoms with Gasteiger partial charge in [0.1, 0.15) is 24.9 Å². The van der Waals surface area contributed by atoms with E-state index in [9.17, 15) is 9.90 Å². The summed E-state index contributed by atoms with van der Waals surface area (Å²) in [4.78, 5) is 10.9. The van der Waals surface area contributed by atoms with Crippen LogP contribution >= 0.6 is 15.9 Å². The van der Waals surface area contributed by atoms with Gasteiger partial charge >= 0.3 is 5.97 Å². The van der Waals surface area contributed by atoms with Gasteiger partial charge in [0.25, 0.3) is 0 Å². The summed E-state index contributed by atoms with van der Waals surface area (Å²) in [5.41, 5.74) is 0.314. The highest BCUT2D eigenvalue weighted by Crippen LogP contribution is 2.26. The van der Waals surface area contributed by atoms with Crippen LogP contribution in [0.5, 0.6) is 11.5 Å². The third-order valence-corrected chi connectivity index (χ3v) is 2.54. The smallest absolute Gasteiger partial charge is 0.339 e. The van der Waals surface area contributed by atoms with E-state index in [4.69, 9.17) is 17.7 Å². The standard InChI is InChI=1S/C9H8BBrO4/c1-15-6-2-5(12)7(9(13)14)4(3-11)8(6)10/h2,12H,3H2,1H3,(H,13,14). The summed E-state index contributed by atoms with van der Waals surface area (Å²) in [7, 11) is 7.07. The minimum Gasteiger partial charge on any atom is -0.507 e. The summed E-state index contributed by atoms with van der Waals surface area (Å²) in [6.45, 7) is 0. The number of phenols is 1. The van der Waals surface area contributed by atoms with Gasteiger partial charge in [-0.05, 0) is 5.56 Å². The molecule has 0 amide bonds. The van der Waals surface area contributed by atoms with Gasteiger partial charge in [0.05, 0.1) is 7.11 Å². The molecule has 15 heavy (non-hydrogen) atoms. The molecule has 0 aliphatic heterocycles. The number of alkyl halides is 1. The lowest BCUT2D eigenvalue weighted by molar-refractivity contribution is 0.0693. The minimum atomic E-state index is -1.23. The molecule has 6 heteroatoms. The third-order valence-electron chi connectivity index (χ3n) is 1.98. The van der Waals surface area contributed by atoms with E-state index in [1.165, 1.54) is 13.2 Å². The molecule has 2 N–H and O–H groups in total. The van der Waals surface area contributed by atoms with Crippen LogP contribution in [0.3, 0.4) is 0 Å². The van der Waals surface area contributed by atoms with Crippen molar-refractivity contribution in [2.24, 2.45) is 0 Å². The zero-order valence-electron chi connectivity index (χ0n) is 7.95. The SMILES string of the molecule is [B]c1c(OC)cc(O)c(C(=O)O)c1CBr. The molecule has 0 aromatic heterocycles. The van der Waals surface area contributed by atoms with Crippen LogP contribution in [-0.2, 0) is 5.33 Å². The van der Waals surface area contributed by atoms with E-state index in [1.807, 2.05) is 0 Å². The van der Waals surface area contributed by atoms with Crippen LogP contribution in [0.1, 0.15) is 15.9 Å². The van der Waals surface area contributed by atoms with Crippen molar-refractivity contribution >= 4 is 35.2 Å². The van der Waals surface area contributed by atoms with Gasteiger partial charge in [-0.1, -0.05) is 21.4 Å². The van der Waals surface area contributed by atoms with Crippen molar-refractivity contribution in [3.63, 3.8) is 0 Å². The van der Waals surface area contributed by atoms with Crippen LogP contribution in [-0.4, -0.2) is 31.1 Å². The first-order chi connectivity index (χ1) is 7.02. The van der Waals surface area contributed by atoms with E-state index < -0.39 is 5.97 Å². The normalized spacial score (nSPS) is 10.0. The van der Waals surface area contributed by atoms with E-state index in [2.05, 4.69) is 15.9 Å². The first-order valence-electron chi connectivity index (χ1n) is 4.00. The highest BCUT2D eigenvalue weighted by molar-refractivity contribution is 9.08. The maximum absolute atomic E-state index is 10.9. The Hall–Kier alpha value is -1.17. The molecule has 0 saturated heterocycles. The Balaban J connectivity index is 3.53. The Bertz CT molecular complexity index is 406. The second-order valence-corrected chi connectivity index (χ2v) is 3.36. The van der Waals surface area contributed by atoms with Crippen molar-refractivity contribution in [2.75, 3.05) is 7.11 Å². The van der Waals surface area contributed by atoms with Crippen molar-refractivity contribution in [1.29, 1.82) is 0 Å². The maximum Gasteiger partial charge on any atom is 0.339 e. The van der Waals surface area contributed by atoms with E-state index in [-0.39, 0.29) is 27.9 Å². The molecule has 0 fully saturated rings. The number of aromatic carboxylic acids is 1. The van der Waals surface area contributed by atoms with Crippen LogP contribution in [0.15, 0.2) is 6.07 Å². The predicted molar refractivity (Wildman–Crippen MR) is 59.6 cm³/mol. The number of benzene rings is 1. The number of carboxylic acids is 1. The predicted octanol–water partition coefficient (Wildman–Crippen LogP) is 0.788. The molecule has 1 aromatic rings. The fourth-order valence-electron chi connectivity index (χ4n) is 1.26. The number of methoxy groups -OCH3 is 1. The Morgan fingerprint density at radius 1 is 1.67 bits per heavy atom. The molecule has 0 bridgehead atoms. The van der Waals surface area contributed by atoms with Crippen molar-refractivity contribution < 1.29 is 19.7 Å². The Labute approximate surface area is 96.4 Å². The lowest BCUT2D eigenvalue weighted by Crippen LogP contribution is -2.18. The fraction of sp³-hybridized carbons (Fsp3) is 0.222. The largest absolute Gasteiger partial charge is 0.507 e. The van der Waals surface area contributed by atoms with Gasteiger partial charge < -0.3 is 14.9 Å². The lowest BCUT2D eigenvalue weighted by Gasteiger charge is -2.13. The molecule has 0 aliphatic rings. The van der Waals surface area contributed by atoms with Crippen LogP contribution in [0.2, 0.25) is 0 Å². The van der Waals surface area contributed by atoms with Gasteiger partial charge in [0, 0.05) is 11.4 Å². The molecule has 2 radical (unpaired) electrons. The zero-order chi connectivity index (χ0) is 11.6. The van der Waals surface area contributed by atoms with Gasteiger partial charge in [-0.25, -0.2) is 4.79 Å². The Morgan fingerprint density at radius 3 is 2.67 bits per heavy atom. The molecule has 0 atom stereocenters. The van der Waals surface area contributed by atoms with E-state index in [0.717, 1.165) is 0 Å². The number of hydrogen-bond donors (Lipinski definition) is 2. The number of ether oxygens (including phenoxy) is 1. The summed E-state index contributed by atoms with van der Waals surface area (Å²) in [6.07, 6.45) is 0. The molecule has 4 nitrogen and oxygen atoms in total. The first kappa shape index (κ1) is 11.9. The number of carboxylic acid groups (broad SMARTS) is 1. The number of rotatable bonds is 3. The van der Waals surface area contributed by atoms with Crippen LogP contribution in [0.4, 0.5) is 0 Å². The van der Waals surface area contributed by atoms with E-state index in [0.29, 0.717) is 5.56 Å². The average Bonchev–Trinajstić information content (AvgIpc) is 2.19. The Morgan fingerprint density at radius 2 is 2.27 bits per heavy atom. The van der Waals surface area contributed by atoms with Gasteiger partial charge in [-0.15, -0.1) is 0 Å². The van der Waals surface area contributed by atoms with E-state index >= 15 is 0 Å². The van der Waals surface area contributed by atoms with Crippen LogP contribution < -0.4 is 10.2 Å². The van der Waals surface area contributed by atoms with Gasteiger partial charge in [0.15, 0.2) is 0 Å². The number of halogens is 1. The average molecular weight is 271 g/mol. The van der Waals surface area contributed by atoms with Crippen LogP contribution in [0, 0.1) is 0 Å². The monoisotopic (exact) mass is 270 g/mol. The summed E-state index contributed by atoms with van der Waals surface area (Å²) < 4.78 is 4.90. The summed E-state index contributed by atoms with van der Waals surface area (Å²) >= 11 is 3.11.